The summed E-state index contributed by atoms with van der Waals surface area (Å²) in [6.07, 6.45) is 2.21. The van der Waals surface area contributed by atoms with Crippen molar-refractivity contribution in [3.63, 3.8) is 0 Å². The Morgan fingerprint density at radius 1 is 0.826 bits per heavy atom. The number of allylic oxidation sites excluding steroid dienone is 4. The van der Waals surface area contributed by atoms with E-state index in [1.165, 1.54) is 0 Å². The number of carboxylic acids is 1. The van der Waals surface area contributed by atoms with Gasteiger partial charge >= 0.3 is 5.97 Å². The van der Waals surface area contributed by atoms with Crippen molar-refractivity contribution in [1.82, 2.24) is 4.90 Å². The summed E-state index contributed by atoms with van der Waals surface area (Å²) in [6.45, 7) is 9.33. The summed E-state index contributed by atoms with van der Waals surface area (Å²) in [6, 6.07) is 20.7. The summed E-state index contributed by atoms with van der Waals surface area (Å²) < 4.78 is 8.00. The van der Waals surface area contributed by atoms with E-state index in [2.05, 4.69) is 76.6 Å². The SMILES string of the molecule is CC1(C)CC(=O)C2=C(C1)N(Cc1ccccc1)C1=C(C(=O)CC(C)(C)C1)C2c1cc(Br)cc(Br)c1OCc1ccc(C(=O)O)cc1. The third kappa shape index (κ3) is 6.39. The van der Waals surface area contributed by atoms with Crippen molar-refractivity contribution in [2.24, 2.45) is 10.8 Å². The molecule has 0 aromatic heterocycles. The largest absolute Gasteiger partial charge is 0.487 e. The number of halogens is 2. The highest BCUT2D eigenvalue weighted by atomic mass is 79.9. The highest BCUT2D eigenvalue weighted by molar-refractivity contribution is 9.11. The quantitative estimate of drug-likeness (QED) is 0.260. The number of hydrogen-bond donors (Lipinski definition) is 1. The van der Waals surface area contributed by atoms with Gasteiger partial charge in [0, 0.05) is 57.9 Å². The van der Waals surface area contributed by atoms with Gasteiger partial charge in [0.15, 0.2) is 11.6 Å². The van der Waals surface area contributed by atoms with E-state index in [1.807, 2.05) is 30.3 Å². The molecule has 0 amide bonds. The van der Waals surface area contributed by atoms with Crippen LogP contribution < -0.4 is 4.74 Å². The number of ketones is 2. The minimum atomic E-state index is -0.988. The monoisotopic (exact) mass is 745 g/mol. The average molecular weight is 748 g/mol. The summed E-state index contributed by atoms with van der Waals surface area (Å²) in [4.78, 5) is 42.4. The molecule has 8 heteroatoms. The van der Waals surface area contributed by atoms with Gasteiger partial charge in [-0.2, -0.15) is 0 Å². The minimum Gasteiger partial charge on any atom is -0.487 e. The maximum Gasteiger partial charge on any atom is 0.335 e. The fourth-order valence-corrected chi connectivity index (χ4v) is 8.53. The van der Waals surface area contributed by atoms with Gasteiger partial charge in [-0.15, -0.1) is 0 Å². The molecule has 1 aliphatic heterocycles. The van der Waals surface area contributed by atoms with Crippen LogP contribution in [0.15, 0.2) is 98.2 Å². The molecule has 3 aliphatic rings. The molecule has 6 nitrogen and oxygen atoms in total. The minimum absolute atomic E-state index is 0.0600. The van der Waals surface area contributed by atoms with E-state index in [1.54, 1.807) is 24.3 Å². The van der Waals surface area contributed by atoms with Gasteiger partial charge in [0.1, 0.15) is 12.4 Å². The zero-order valence-electron chi connectivity index (χ0n) is 26.5. The van der Waals surface area contributed by atoms with Crippen LogP contribution in [-0.2, 0) is 22.7 Å². The van der Waals surface area contributed by atoms with Crippen LogP contribution in [0.3, 0.4) is 0 Å². The van der Waals surface area contributed by atoms with E-state index in [9.17, 15) is 19.5 Å². The molecule has 0 spiro atoms. The number of nitrogens with zero attached hydrogens (tertiary/aromatic N) is 1. The van der Waals surface area contributed by atoms with Crippen molar-refractivity contribution in [2.75, 3.05) is 0 Å². The second-order valence-corrected chi connectivity index (χ2v) is 16.0. The number of carbonyl (C=O) groups excluding carboxylic acids is 2. The zero-order valence-corrected chi connectivity index (χ0v) is 29.6. The molecule has 6 rings (SSSR count). The van der Waals surface area contributed by atoms with Crippen LogP contribution in [0.5, 0.6) is 5.75 Å². The van der Waals surface area contributed by atoms with Crippen LogP contribution in [-0.4, -0.2) is 27.5 Å². The number of Topliss-reactive ketones (excluding diaryl/α,β-unsaturated/α-hetero) is 2. The molecular weight excluding hydrogens is 710 g/mol. The number of rotatable bonds is 7. The molecule has 2 aliphatic carbocycles. The third-order valence-electron chi connectivity index (χ3n) is 9.14. The molecule has 46 heavy (non-hydrogen) atoms. The van der Waals surface area contributed by atoms with E-state index in [0.29, 0.717) is 53.6 Å². The molecule has 238 valence electrons. The van der Waals surface area contributed by atoms with Crippen LogP contribution in [0.4, 0.5) is 0 Å². The lowest BCUT2D eigenvalue weighted by molar-refractivity contribution is -0.119. The van der Waals surface area contributed by atoms with Gasteiger partial charge in [-0.3, -0.25) is 9.59 Å². The van der Waals surface area contributed by atoms with E-state index in [-0.39, 0.29) is 34.6 Å². The first-order valence-electron chi connectivity index (χ1n) is 15.5. The molecule has 3 aromatic rings. The normalized spacial score (nSPS) is 19.2. The molecule has 0 saturated heterocycles. The Morgan fingerprint density at radius 3 is 1.93 bits per heavy atom. The fraction of sp³-hybridized carbons (Fsp3) is 0.342. The highest BCUT2D eigenvalue weighted by Crippen LogP contribution is 2.56. The molecule has 0 atom stereocenters. The Hall–Kier alpha value is -3.49. The van der Waals surface area contributed by atoms with Gasteiger partial charge in [0.25, 0.3) is 0 Å². The predicted octanol–water partition coefficient (Wildman–Crippen LogP) is 9.37. The molecule has 0 saturated carbocycles. The molecule has 3 aromatic carbocycles. The van der Waals surface area contributed by atoms with E-state index >= 15 is 0 Å². The first kappa shape index (κ1) is 32.5. The number of hydrogen-bond acceptors (Lipinski definition) is 5. The zero-order chi connectivity index (χ0) is 33.0. The molecule has 0 fully saturated rings. The molecule has 1 N–H and O–H groups in total. The van der Waals surface area contributed by atoms with Crippen molar-refractivity contribution in [3.8, 4) is 5.75 Å². The van der Waals surface area contributed by atoms with Gasteiger partial charge in [-0.25, -0.2) is 4.79 Å². The van der Waals surface area contributed by atoms with Crippen molar-refractivity contribution >= 4 is 49.4 Å². The molecule has 0 unspecified atom stereocenters. The van der Waals surface area contributed by atoms with Crippen molar-refractivity contribution in [3.05, 3.63) is 120 Å². The lowest BCUT2D eigenvalue weighted by atomic mass is 9.63. The second kappa shape index (κ2) is 12.3. The molecule has 1 heterocycles. The summed E-state index contributed by atoms with van der Waals surface area (Å²) >= 11 is 7.40. The maximum atomic E-state index is 14.4. The molecule has 0 bridgehead atoms. The van der Waals surface area contributed by atoms with Gasteiger partial charge in [0.05, 0.1) is 10.0 Å². The topological polar surface area (TPSA) is 83.9 Å². The Morgan fingerprint density at radius 2 is 1.39 bits per heavy atom. The van der Waals surface area contributed by atoms with Crippen LogP contribution in [0.25, 0.3) is 0 Å². The maximum absolute atomic E-state index is 14.4. The van der Waals surface area contributed by atoms with Crippen LogP contribution >= 0.6 is 31.9 Å². The van der Waals surface area contributed by atoms with Crippen LogP contribution in [0.2, 0.25) is 0 Å². The van der Waals surface area contributed by atoms with Gasteiger partial charge < -0.3 is 14.7 Å². The van der Waals surface area contributed by atoms with E-state index < -0.39 is 11.9 Å². The van der Waals surface area contributed by atoms with Gasteiger partial charge in [-0.05, 0) is 75.0 Å². The summed E-state index contributed by atoms with van der Waals surface area (Å²) in [5.41, 5.74) is 5.75. The van der Waals surface area contributed by atoms with Crippen molar-refractivity contribution in [2.45, 2.75) is 72.4 Å². The third-order valence-corrected chi connectivity index (χ3v) is 10.2. The Kier molecular flexibility index (Phi) is 8.66. The fourth-order valence-electron chi connectivity index (χ4n) is 7.16. The van der Waals surface area contributed by atoms with Gasteiger partial charge in [-0.1, -0.05) is 86.1 Å². The average Bonchev–Trinajstić information content (AvgIpc) is 2.96. The summed E-state index contributed by atoms with van der Waals surface area (Å²) in [5.74, 6) is -0.893. The number of benzene rings is 3. The van der Waals surface area contributed by atoms with Crippen LogP contribution in [0.1, 0.15) is 86.3 Å². The van der Waals surface area contributed by atoms with E-state index in [4.69, 9.17) is 4.74 Å². The van der Waals surface area contributed by atoms with Crippen molar-refractivity contribution < 1.29 is 24.2 Å². The number of aromatic carboxylic acids is 1. The van der Waals surface area contributed by atoms with Crippen molar-refractivity contribution in [1.29, 1.82) is 0 Å². The van der Waals surface area contributed by atoms with Crippen LogP contribution in [0, 0.1) is 10.8 Å². The Balaban J connectivity index is 1.54. The predicted molar refractivity (Wildman–Crippen MR) is 184 cm³/mol. The summed E-state index contributed by atoms with van der Waals surface area (Å²) in [5, 5.41) is 9.32. The number of carboxylic acid groups (broad SMARTS) is 1. The molecule has 0 radical (unpaired) electrons. The Labute approximate surface area is 286 Å². The summed E-state index contributed by atoms with van der Waals surface area (Å²) in [7, 11) is 0. The number of ether oxygens (including phenoxy) is 1. The number of carbonyl (C=O) groups is 3. The van der Waals surface area contributed by atoms with Gasteiger partial charge in [0.2, 0.25) is 0 Å². The first-order valence-corrected chi connectivity index (χ1v) is 17.1. The lowest BCUT2D eigenvalue weighted by Gasteiger charge is -2.49. The smallest absolute Gasteiger partial charge is 0.335 e. The second-order valence-electron chi connectivity index (χ2n) is 14.2. The highest BCUT2D eigenvalue weighted by Gasteiger charge is 2.49. The standard InChI is InChI=1S/C38H37Br2NO5/c1-37(2)16-28-33(30(42)18-37)32(34-29(17-38(3,4)19-31(34)43)41(28)20-22-8-6-5-7-9-22)26-14-25(39)15-27(40)35(26)46-21-23-10-12-24(13-11-23)36(44)45/h5-15,32H,16-21H2,1-4H3,(H,44,45). The molecular formula is C38H37Br2NO5. The first-order chi connectivity index (χ1) is 21.7. The van der Waals surface area contributed by atoms with E-state index in [0.717, 1.165) is 32.6 Å². The Bertz CT molecular complexity index is 1750. The lowest BCUT2D eigenvalue weighted by Crippen LogP contribution is -2.44.